The van der Waals surface area contributed by atoms with Crippen LogP contribution in [-0.2, 0) is 9.53 Å². The maximum Gasteiger partial charge on any atom is 0.335 e. The van der Waals surface area contributed by atoms with E-state index >= 15 is 0 Å². The molecule has 0 spiro atoms. The molecule has 1 aromatic carbocycles. The molecule has 0 N–H and O–H groups in total. The van der Waals surface area contributed by atoms with Crippen LogP contribution in [0.3, 0.4) is 0 Å². The molecule has 0 unspecified atom stereocenters. The van der Waals surface area contributed by atoms with Gasteiger partial charge in [-0.3, -0.25) is 0 Å². The van der Waals surface area contributed by atoms with Crippen molar-refractivity contribution in [3.63, 3.8) is 0 Å². The van der Waals surface area contributed by atoms with Crippen molar-refractivity contribution in [1.29, 1.82) is 0 Å². The summed E-state index contributed by atoms with van der Waals surface area (Å²) >= 11 is 0. The summed E-state index contributed by atoms with van der Waals surface area (Å²) in [5.41, 5.74) is 2.16. The molecule has 1 rings (SSSR count). The van der Waals surface area contributed by atoms with Crippen molar-refractivity contribution in [2.75, 3.05) is 0 Å². The summed E-state index contributed by atoms with van der Waals surface area (Å²) in [6.07, 6.45) is 6.20. The lowest BCUT2D eigenvalue weighted by molar-refractivity contribution is -0.132. The van der Waals surface area contributed by atoms with Crippen molar-refractivity contribution in [3.8, 4) is 0 Å². The van der Waals surface area contributed by atoms with E-state index in [4.69, 9.17) is 4.74 Å². The number of hydrogen-bond acceptors (Lipinski definition) is 2. The van der Waals surface area contributed by atoms with E-state index < -0.39 is 0 Å². The first-order valence-electron chi connectivity index (χ1n) is 4.79. The molecule has 0 aliphatic rings. The monoisotopic (exact) mass is 202 g/mol. The fourth-order valence-corrected chi connectivity index (χ4v) is 1.11. The first-order chi connectivity index (χ1) is 7.24. The molecule has 2 nitrogen and oxygen atoms in total. The number of allylic oxidation sites excluding steroid dienone is 1. The van der Waals surface area contributed by atoms with Gasteiger partial charge in [0.15, 0.2) is 0 Å². The third kappa shape index (κ3) is 3.81. The van der Waals surface area contributed by atoms with Crippen LogP contribution in [0, 0.1) is 6.92 Å². The van der Waals surface area contributed by atoms with Crippen LogP contribution in [0.25, 0.3) is 6.08 Å². The summed E-state index contributed by atoms with van der Waals surface area (Å²) in [7, 11) is 0. The molecule has 0 aliphatic carbocycles. The Morgan fingerprint density at radius 2 is 2.07 bits per heavy atom. The Hall–Kier alpha value is -1.83. The number of hydrogen-bond donors (Lipinski definition) is 0. The maximum atomic E-state index is 11.1. The van der Waals surface area contributed by atoms with Gasteiger partial charge in [0.25, 0.3) is 0 Å². The first kappa shape index (κ1) is 11.2. The summed E-state index contributed by atoms with van der Waals surface area (Å²) in [6, 6.07) is 7.85. The summed E-state index contributed by atoms with van der Waals surface area (Å²) in [4.78, 5) is 11.1. The number of ether oxygens (including phenoxy) is 1. The van der Waals surface area contributed by atoms with Gasteiger partial charge < -0.3 is 4.74 Å². The predicted octanol–water partition coefficient (Wildman–Crippen LogP) is 3.09. The molecule has 78 valence electrons. The van der Waals surface area contributed by atoms with Crippen molar-refractivity contribution in [2.45, 2.75) is 13.8 Å². The number of esters is 1. The Balaban J connectivity index is 2.65. The fourth-order valence-electron chi connectivity index (χ4n) is 1.11. The maximum absolute atomic E-state index is 11.1. The minimum atomic E-state index is -0.364. The van der Waals surface area contributed by atoms with Gasteiger partial charge in [-0.05, 0) is 31.1 Å². The number of carbonyl (C=O) groups excluding carboxylic acids is 1. The second kappa shape index (κ2) is 5.81. The highest BCUT2D eigenvalue weighted by molar-refractivity contribution is 5.87. The van der Waals surface area contributed by atoms with Crippen LogP contribution in [0.4, 0.5) is 0 Å². The average molecular weight is 202 g/mol. The zero-order chi connectivity index (χ0) is 11.1. The Morgan fingerprint density at radius 1 is 1.33 bits per heavy atom. The number of aryl methyl sites for hydroxylation is 1. The van der Waals surface area contributed by atoms with Crippen LogP contribution in [0.1, 0.15) is 18.1 Å². The van der Waals surface area contributed by atoms with Crippen LogP contribution in [-0.4, -0.2) is 5.97 Å². The normalized spacial score (nSPS) is 11.1. The average Bonchev–Trinajstić information content (AvgIpc) is 2.25. The lowest BCUT2D eigenvalue weighted by Gasteiger charge is -1.97. The molecule has 0 radical (unpaired) electrons. The molecule has 1 aromatic rings. The van der Waals surface area contributed by atoms with Crippen LogP contribution < -0.4 is 0 Å². The molecule has 0 aromatic heterocycles. The van der Waals surface area contributed by atoms with E-state index in [0.29, 0.717) is 0 Å². The SMILES string of the molecule is CC=COC(=O)C=Cc1ccccc1C. The van der Waals surface area contributed by atoms with E-state index in [-0.39, 0.29) is 5.97 Å². The van der Waals surface area contributed by atoms with Crippen molar-refractivity contribution < 1.29 is 9.53 Å². The summed E-state index contributed by atoms with van der Waals surface area (Å²) in [5.74, 6) is -0.364. The summed E-state index contributed by atoms with van der Waals surface area (Å²) in [6.45, 7) is 3.79. The van der Waals surface area contributed by atoms with Crippen LogP contribution in [0.2, 0.25) is 0 Å². The van der Waals surface area contributed by atoms with Gasteiger partial charge in [-0.15, -0.1) is 0 Å². The molecule has 0 atom stereocenters. The van der Waals surface area contributed by atoms with E-state index in [1.807, 2.05) is 31.2 Å². The molecule has 0 saturated heterocycles. The Labute approximate surface area is 89.9 Å². The van der Waals surface area contributed by atoms with Crippen molar-refractivity contribution in [3.05, 3.63) is 53.8 Å². The minimum Gasteiger partial charge on any atom is -0.432 e. The Morgan fingerprint density at radius 3 is 2.73 bits per heavy atom. The van der Waals surface area contributed by atoms with Crippen molar-refractivity contribution >= 4 is 12.0 Å². The standard InChI is InChI=1S/C13H14O2/c1-3-10-15-13(14)9-8-12-7-5-4-6-11(12)2/h3-10H,1-2H3. The molecular formula is C13H14O2. The van der Waals surface area contributed by atoms with Gasteiger partial charge in [0, 0.05) is 6.08 Å². The lowest BCUT2D eigenvalue weighted by Crippen LogP contribution is -1.93. The molecule has 2 heteroatoms. The molecule has 0 heterocycles. The topological polar surface area (TPSA) is 26.3 Å². The van der Waals surface area contributed by atoms with Gasteiger partial charge in [0.1, 0.15) is 0 Å². The third-order valence-corrected chi connectivity index (χ3v) is 1.91. The summed E-state index contributed by atoms with van der Waals surface area (Å²) < 4.78 is 4.75. The van der Waals surface area contributed by atoms with Gasteiger partial charge in [-0.1, -0.05) is 30.3 Å². The lowest BCUT2D eigenvalue weighted by atomic mass is 10.1. The van der Waals surface area contributed by atoms with Gasteiger partial charge in [-0.25, -0.2) is 4.79 Å². The van der Waals surface area contributed by atoms with Crippen LogP contribution in [0.15, 0.2) is 42.7 Å². The molecular weight excluding hydrogens is 188 g/mol. The molecule has 0 amide bonds. The molecule has 15 heavy (non-hydrogen) atoms. The Kier molecular flexibility index (Phi) is 4.35. The number of rotatable bonds is 3. The number of carbonyl (C=O) groups is 1. The van der Waals surface area contributed by atoms with Gasteiger partial charge in [0.05, 0.1) is 6.26 Å². The fraction of sp³-hybridized carbons (Fsp3) is 0.154. The van der Waals surface area contributed by atoms with E-state index in [1.165, 1.54) is 12.3 Å². The van der Waals surface area contributed by atoms with E-state index in [2.05, 4.69) is 0 Å². The highest BCUT2D eigenvalue weighted by Crippen LogP contribution is 2.08. The van der Waals surface area contributed by atoms with E-state index in [0.717, 1.165) is 11.1 Å². The first-order valence-corrected chi connectivity index (χ1v) is 4.79. The van der Waals surface area contributed by atoms with Gasteiger partial charge >= 0.3 is 5.97 Å². The largest absolute Gasteiger partial charge is 0.432 e. The second-order valence-electron chi connectivity index (χ2n) is 3.10. The molecule has 0 bridgehead atoms. The highest BCUT2D eigenvalue weighted by atomic mass is 16.5. The third-order valence-electron chi connectivity index (χ3n) is 1.91. The zero-order valence-corrected chi connectivity index (χ0v) is 8.94. The molecule has 0 saturated carbocycles. The van der Waals surface area contributed by atoms with Crippen LogP contribution >= 0.6 is 0 Å². The highest BCUT2D eigenvalue weighted by Gasteiger charge is 1.95. The molecule has 0 fully saturated rings. The van der Waals surface area contributed by atoms with Crippen molar-refractivity contribution in [1.82, 2.24) is 0 Å². The smallest absolute Gasteiger partial charge is 0.335 e. The van der Waals surface area contributed by atoms with Crippen LogP contribution in [0.5, 0.6) is 0 Å². The molecule has 0 aliphatic heterocycles. The van der Waals surface area contributed by atoms with E-state index in [9.17, 15) is 4.79 Å². The van der Waals surface area contributed by atoms with E-state index in [1.54, 1.807) is 19.1 Å². The van der Waals surface area contributed by atoms with Crippen molar-refractivity contribution in [2.24, 2.45) is 0 Å². The summed E-state index contributed by atoms with van der Waals surface area (Å²) in [5, 5.41) is 0. The second-order valence-corrected chi connectivity index (χ2v) is 3.10. The number of benzene rings is 1. The van der Waals surface area contributed by atoms with Gasteiger partial charge in [-0.2, -0.15) is 0 Å². The quantitative estimate of drug-likeness (QED) is 0.427. The Bertz CT molecular complexity index is 389. The zero-order valence-electron chi connectivity index (χ0n) is 8.94. The predicted molar refractivity (Wildman–Crippen MR) is 61.1 cm³/mol. The van der Waals surface area contributed by atoms with Gasteiger partial charge in [0.2, 0.25) is 0 Å². The minimum absolute atomic E-state index is 0.364.